The maximum absolute atomic E-state index is 4.65. The zero-order valence-corrected chi connectivity index (χ0v) is 12.5. The Labute approximate surface area is 117 Å². The first kappa shape index (κ1) is 11.7. The van der Waals surface area contributed by atoms with Crippen molar-refractivity contribution in [3.8, 4) is 10.6 Å². The molecule has 17 heavy (non-hydrogen) atoms. The normalized spacial score (nSPS) is 16.5. The molecule has 0 aliphatic heterocycles. The van der Waals surface area contributed by atoms with E-state index in [2.05, 4.69) is 43.7 Å². The molecule has 0 aromatic carbocycles. The van der Waals surface area contributed by atoms with Gasteiger partial charge in [0.2, 0.25) is 0 Å². The molecule has 1 saturated carbocycles. The maximum Gasteiger partial charge on any atom is 0.183 e. The van der Waals surface area contributed by atoms with Crippen molar-refractivity contribution < 1.29 is 0 Å². The highest BCUT2D eigenvalue weighted by molar-refractivity contribution is 9.11. The molecule has 1 N–H and O–H groups in total. The van der Waals surface area contributed by atoms with Crippen molar-refractivity contribution in [2.75, 3.05) is 5.32 Å². The Balaban J connectivity index is 1.73. The Bertz CT molecular complexity index is 500. The van der Waals surface area contributed by atoms with Gasteiger partial charge in [-0.1, -0.05) is 12.8 Å². The fourth-order valence-corrected chi connectivity index (χ4v) is 4.36. The minimum atomic E-state index is 0.643. The van der Waals surface area contributed by atoms with Gasteiger partial charge in [-0.15, -0.1) is 22.7 Å². The van der Waals surface area contributed by atoms with Gasteiger partial charge in [0.25, 0.3) is 0 Å². The van der Waals surface area contributed by atoms with Crippen molar-refractivity contribution in [3.63, 3.8) is 0 Å². The molecule has 0 saturated heterocycles. The van der Waals surface area contributed by atoms with Crippen LogP contribution in [-0.2, 0) is 0 Å². The summed E-state index contributed by atoms with van der Waals surface area (Å²) in [5, 5.41) is 6.74. The van der Waals surface area contributed by atoms with E-state index in [0.717, 1.165) is 14.6 Å². The van der Waals surface area contributed by atoms with Gasteiger partial charge < -0.3 is 5.32 Å². The first-order valence-corrected chi connectivity index (χ1v) is 8.28. The number of aromatic nitrogens is 1. The summed E-state index contributed by atoms with van der Waals surface area (Å²) in [6.07, 6.45) is 5.29. The number of hydrogen-bond donors (Lipinski definition) is 1. The SMILES string of the molecule is Brc1ccc(-c2csc(NC3CCCC3)n2)s1. The average molecular weight is 329 g/mol. The Morgan fingerprint density at radius 1 is 1.29 bits per heavy atom. The molecule has 0 bridgehead atoms. The van der Waals surface area contributed by atoms with Crippen molar-refractivity contribution in [3.05, 3.63) is 21.3 Å². The van der Waals surface area contributed by atoms with Crippen LogP contribution in [0.3, 0.4) is 0 Å². The van der Waals surface area contributed by atoms with E-state index in [-0.39, 0.29) is 0 Å². The Kier molecular flexibility index (Phi) is 3.49. The molecule has 0 radical (unpaired) electrons. The Morgan fingerprint density at radius 2 is 2.12 bits per heavy atom. The molecule has 5 heteroatoms. The van der Waals surface area contributed by atoms with Crippen LogP contribution in [-0.4, -0.2) is 11.0 Å². The quantitative estimate of drug-likeness (QED) is 0.858. The number of anilines is 1. The smallest absolute Gasteiger partial charge is 0.183 e. The number of rotatable bonds is 3. The third kappa shape index (κ3) is 2.72. The molecule has 1 aliphatic rings. The molecule has 2 aromatic heterocycles. The van der Waals surface area contributed by atoms with Crippen molar-refractivity contribution in [1.82, 2.24) is 4.98 Å². The first-order chi connectivity index (χ1) is 8.31. The van der Waals surface area contributed by atoms with Crippen molar-refractivity contribution in [1.29, 1.82) is 0 Å². The van der Waals surface area contributed by atoms with Gasteiger partial charge in [0.1, 0.15) is 0 Å². The molecule has 0 atom stereocenters. The van der Waals surface area contributed by atoms with E-state index in [1.165, 1.54) is 30.6 Å². The maximum atomic E-state index is 4.65. The van der Waals surface area contributed by atoms with Crippen LogP contribution >= 0.6 is 38.6 Å². The van der Waals surface area contributed by atoms with Crippen LogP contribution in [0.1, 0.15) is 25.7 Å². The lowest BCUT2D eigenvalue weighted by molar-refractivity contribution is 0.754. The van der Waals surface area contributed by atoms with Crippen molar-refractivity contribution in [2.45, 2.75) is 31.7 Å². The minimum absolute atomic E-state index is 0.643. The summed E-state index contributed by atoms with van der Waals surface area (Å²) in [4.78, 5) is 5.88. The molecular weight excluding hydrogens is 316 g/mol. The molecule has 3 rings (SSSR count). The second-order valence-electron chi connectivity index (χ2n) is 4.27. The van der Waals surface area contributed by atoms with Gasteiger partial charge in [-0.2, -0.15) is 0 Å². The van der Waals surface area contributed by atoms with Gasteiger partial charge >= 0.3 is 0 Å². The van der Waals surface area contributed by atoms with Crippen LogP contribution in [0.2, 0.25) is 0 Å². The molecule has 0 spiro atoms. The van der Waals surface area contributed by atoms with Gasteiger partial charge in [-0.25, -0.2) is 4.98 Å². The van der Waals surface area contributed by atoms with E-state index >= 15 is 0 Å². The summed E-state index contributed by atoms with van der Waals surface area (Å²) in [5.74, 6) is 0. The molecule has 2 heterocycles. The number of hydrogen-bond acceptors (Lipinski definition) is 4. The van der Waals surface area contributed by atoms with Crippen LogP contribution in [0, 0.1) is 0 Å². The Morgan fingerprint density at radius 3 is 2.82 bits per heavy atom. The van der Waals surface area contributed by atoms with E-state index in [4.69, 9.17) is 0 Å². The van der Waals surface area contributed by atoms with Gasteiger partial charge in [0, 0.05) is 11.4 Å². The Hall–Kier alpha value is -0.390. The fraction of sp³-hybridized carbons (Fsp3) is 0.417. The monoisotopic (exact) mass is 328 g/mol. The summed E-state index contributed by atoms with van der Waals surface area (Å²) in [6, 6.07) is 4.83. The summed E-state index contributed by atoms with van der Waals surface area (Å²) in [7, 11) is 0. The van der Waals surface area contributed by atoms with Crippen LogP contribution in [0.4, 0.5) is 5.13 Å². The van der Waals surface area contributed by atoms with Gasteiger partial charge in [0.05, 0.1) is 14.4 Å². The first-order valence-electron chi connectivity index (χ1n) is 5.79. The molecule has 2 aromatic rings. The predicted molar refractivity (Wildman–Crippen MR) is 79.0 cm³/mol. The summed E-state index contributed by atoms with van der Waals surface area (Å²) in [5.41, 5.74) is 1.09. The minimum Gasteiger partial charge on any atom is -0.359 e. The van der Waals surface area contributed by atoms with Crippen molar-refractivity contribution >= 4 is 43.7 Å². The van der Waals surface area contributed by atoms with Gasteiger partial charge in [0.15, 0.2) is 5.13 Å². The summed E-state index contributed by atoms with van der Waals surface area (Å²) in [6.45, 7) is 0. The average Bonchev–Trinajstić information content (AvgIpc) is 2.99. The third-order valence-corrected chi connectivity index (χ3v) is 5.43. The molecule has 1 aliphatic carbocycles. The van der Waals surface area contributed by atoms with Crippen molar-refractivity contribution in [2.24, 2.45) is 0 Å². The predicted octanol–water partition coefficient (Wildman–Crippen LogP) is 4.99. The van der Waals surface area contributed by atoms with Crippen LogP contribution in [0.25, 0.3) is 10.6 Å². The largest absolute Gasteiger partial charge is 0.359 e. The lowest BCUT2D eigenvalue weighted by Gasteiger charge is -2.09. The molecule has 1 fully saturated rings. The molecule has 90 valence electrons. The highest BCUT2D eigenvalue weighted by Gasteiger charge is 2.16. The molecule has 0 amide bonds. The van der Waals surface area contributed by atoms with Crippen LogP contribution in [0.5, 0.6) is 0 Å². The highest BCUT2D eigenvalue weighted by Crippen LogP contribution is 2.33. The fourth-order valence-electron chi connectivity index (χ4n) is 2.15. The molecule has 2 nitrogen and oxygen atoms in total. The van der Waals surface area contributed by atoms with E-state index in [9.17, 15) is 0 Å². The van der Waals surface area contributed by atoms with E-state index in [0.29, 0.717) is 6.04 Å². The molecular formula is C12H13BrN2S2. The number of nitrogens with zero attached hydrogens (tertiary/aromatic N) is 1. The second-order valence-corrected chi connectivity index (χ2v) is 7.59. The van der Waals surface area contributed by atoms with Gasteiger partial charge in [-0.05, 0) is 40.9 Å². The number of nitrogens with one attached hydrogen (secondary N) is 1. The van der Waals surface area contributed by atoms with Crippen LogP contribution < -0.4 is 5.32 Å². The van der Waals surface area contributed by atoms with Crippen LogP contribution in [0.15, 0.2) is 21.3 Å². The van der Waals surface area contributed by atoms with E-state index in [1.54, 1.807) is 22.7 Å². The molecule has 0 unspecified atom stereocenters. The second kappa shape index (κ2) is 5.08. The lowest BCUT2D eigenvalue weighted by Crippen LogP contribution is -2.13. The number of thiazole rings is 1. The lowest BCUT2D eigenvalue weighted by atomic mass is 10.3. The number of thiophene rings is 1. The highest BCUT2D eigenvalue weighted by atomic mass is 79.9. The number of halogens is 1. The van der Waals surface area contributed by atoms with Gasteiger partial charge in [-0.3, -0.25) is 0 Å². The summed E-state index contributed by atoms with van der Waals surface area (Å²) < 4.78 is 1.16. The van der Waals surface area contributed by atoms with E-state index < -0.39 is 0 Å². The van der Waals surface area contributed by atoms with E-state index in [1.807, 2.05) is 0 Å². The topological polar surface area (TPSA) is 24.9 Å². The standard InChI is InChI=1S/C12H13BrN2S2/c13-11-6-5-10(17-11)9-7-16-12(15-9)14-8-3-1-2-4-8/h5-8H,1-4H2,(H,14,15). The summed E-state index contributed by atoms with van der Waals surface area (Å²) >= 11 is 6.93. The zero-order chi connectivity index (χ0) is 11.7. The zero-order valence-electron chi connectivity index (χ0n) is 9.28. The third-order valence-electron chi connectivity index (χ3n) is 3.01.